The van der Waals surface area contributed by atoms with E-state index in [1.165, 1.54) is 6.07 Å². The summed E-state index contributed by atoms with van der Waals surface area (Å²) in [6.45, 7) is 5.97. The van der Waals surface area contributed by atoms with Gasteiger partial charge in [-0.3, -0.25) is 4.79 Å². The monoisotopic (exact) mass is 337 g/mol. The number of carbonyl (C=O) groups is 1. The molecular weight excluding hydrogens is 321 g/mol. The van der Waals surface area contributed by atoms with E-state index in [0.717, 1.165) is 5.56 Å². The number of amides is 1. The summed E-state index contributed by atoms with van der Waals surface area (Å²) in [6, 6.07) is 9.68. The van der Waals surface area contributed by atoms with Gasteiger partial charge in [-0.2, -0.15) is 0 Å². The lowest BCUT2D eigenvalue weighted by atomic mass is 9.86. The molecule has 0 atom stereocenters. The van der Waals surface area contributed by atoms with E-state index in [4.69, 9.17) is 23.2 Å². The first-order valence-electron chi connectivity index (χ1n) is 6.78. The van der Waals surface area contributed by atoms with E-state index < -0.39 is 0 Å². The molecule has 2 aromatic rings. The molecule has 0 aliphatic carbocycles. The second-order valence-corrected chi connectivity index (χ2v) is 6.90. The number of hydrogen-bond donors (Lipinski definition) is 2. The Bertz CT molecular complexity index is 721. The molecule has 0 heterocycles. The van der Waals surface area contributed by atoms with Crippen LogP contribution in [0.4, 0.5) is 5.69 Å². The Hall–Kier alpha value is -1.71. The molecule has 2 N–H and O–H groups in total. The molecule has 0 radical (unpaired) electrons. The first kappa shape index (κ1) is 16.7. The van der Waals surface area contributed by atoms with E-state index >= 15 is 0 Å². The molecule has 0 aliphatic rings. The Morgan fingerprint density at radius 2 is 1.77 bits per heavy atom. The molecule has 0 unspecified atom stereocenters. The molecule has 0 aromatic heterocycles. The largest absolute Gasteiger partial charge is 0.508 e. The van der Waals surface area contributed by atoms with E-state index in [1.54, 1.807) is 30.3 Å². The van der Waals surface area contributed by atoms with Crippen molar-refractivity contribution in [3.63, 3.8) is 0 Å². The Morgan fingerprint density at radius 1 is 1.09 bits per heavy atom. The van der Waals surface area contributed by atoms with Crippen LogP contribution in [-0.2, 0) is 5.41 Å². The highest BCUT2D eigenvalue weighted by Crippen LogP contribution is 2.33. The van der Waals surface area contributed by atoms with Gasteiger partial charge in [-0.05, 0) is 41.8 Å². The molecule has 2 aromatic carbocycles. The molecule has 22 heavy (non-hydrogen) atoms. The van der Waals surface area contributed by atoms with Crippen LogP contribution in [0.15, 0.2) is 36.4 Å². The smallest absolute Gasteiger partial charge is 0.257 e. The van der Waals surface area contributed by atoms with Crippen LogP contribution in [0.3, 0.4) is 0 Å². The summed E-state index contributed by atoms with van der Waals surface area (Å²) in [4.78, 5) is 12.3. The average Bonchev–Trinajstić information content (AvgIpc) is 2.39. The van der Waals surface area contributed by atoms with Gasteiger partial charge in [0.2, 0.25) is 0 Å². The minimum Gasteiger partial charge on any atom is -0.508 e. The molecule has 0 aliphatic heterocycles. The summed E-state index contributed by atoms with van der Waals surface area (Å²) in [5, 5.41) is 13.5. The van der Waals surface area contributed by atoms with Crippen molar-refractivity contribution >= 4 is 34.8 Å². The third-order valence-electron chi connectivity index (χ3n) is 3.24. The number of halogens is 2. The predicted molar refractivity (Wildman–Crippen MR) is 91.2 cm³/mol. The standard InChI is InChI=1S/C17H17Cl2NO2/c1-17(2,3)13-9-11(5-7-15(13)21)20-16(22)12-6-4-10(18)8-14(12)19/h4-9,21H,1-3H3,(H,20,22). The van der Waals surface area contributed by atoms with Gasteiger partial charge in [0.05, 0.1) is 10.6 Å². The fraction of sp³-hybridized carbons (Fsp3) is 0.235. The molecule has 0 spiro atoms. The Kier molecular flexibility index (Phi) is 4.69. The highest BCUT2D eigenvalue weighted by Gasteiger charge is 2.19. The van der Waals surface area contributed by atoms with Crippen molar-refractivity contribution in [2.45, 2.75) is 26.2 Å². The zero-order chi connectivity index (χ0) is 16.5. The van der Waals surface area contributed by atoms with Crippen LogP contribution >= 0.6 is 23.2 Å². The lowest BCUT2D eigenvalue weighted by Crippen LogP contribution is -2.15. The van der Waals surface area contributed by atoms with Crippen molar-refractivity contribution < 1.29 is 9.90 Å². The van der Waals surface area contributed by atoms with E-state index in [0.29, 0.717) is 21.3 Å². The maximum atomic E-state index is 12.3. The van der Waals surface area contributed by atoms with Crippen molar-refractivity contribution in [1.29, 1.82) is 0 Å². The van der Waals surface area contributed by atoms with E-state index in [9.17, 15) is 9.90 Å². The number of phenolic OH excluding ortho intramolecular Hbond substituents is 1. The van der Waals surface area contributed by atoms with Gasteiger partial charge in [0, 0.05) is 16.3 Å². The van der Waals surface area contributed by atoms with Gasteiger partial charge < -0.3 is 10.4 Å². The van der Waals surface area contributed by atoms with Gasteiger partial charge in [-0.15, -0.1) is 0 Å². The van der Waals surface area contributed by atoms with Gasteiger partial charge in [-0.1, -0.05) is 44.0 Å². The van der Waals surface area contributed by atoms with Crippen LogP contribution in [0.1, 0.15) is 36.7 Å². The summed E-state index contributed by atoms with van der Waals surface area (Å²) in [5.74, 6) is -0.123. The summed E-state index contributed by atoms with van der Waals surface area (Å²) in [7, 11) is 0. The number of phenols is 1. The van der Waals surface area contributed by atoms with E-state index in [2.05, 4.69) is 5.32 Å². The average molecular weight is 338 g/mol. The van der Waals surface area contributed by atoms with Crippen molar-refractivity contribution in [2.24, 2.45) is 0 Å². The van der Waals surface area contributed by atoms with Gasteiger partial charge in [-0.25, -0.2) is 0 Å². The van der Waals surface area contributed by atoms with Gasteiger partial charge in [0.1, 0.15) is 5.75 Å². The number of carbonyl (C=O) groups excluding carboxylic acids is 1. The zero-order valence-corrected chi connectivity index (χ0v) is 14.1. The van der Waals surface area contributed by atoms with Gasteiger partial charge in [0.15, 0.2) is 0 Å². The van der Waals surface area contributed by atoms with Crippen LogP contribution in [0.25, 0.3) is 0 Å². The lowest BCUT2D eigenvalue weighted by Gasteiger charge is -2.21. The summed E-state index contributed by atoms with van der Waals surface area (Å²) in [5.41, 5.74) is 1.46. The predicted octanol–water partition coefficient (Wildman–Crippen LogP) is 5.25. The molecule has 5 heteroatoms. The highest BCUT2D eigenvalue weighted by atomic mass is 35.5. The van der Waals surface area contributed by atoms with Crippen LogP contribution in [0.5, 0.6) is 5.75 Å². The molecule has 1 amide bonds. The molecule has 116 valence electrons. The zero-order valence-electron chi connectivity index (χ0n) is 12.6. The van der Waals surface area contributed by atoms with Crippen LogP contribution in [0.2, 0.25) is 10.0 Å². The molecule has 2 rings (SSSR count). The molecule has 0 bridgehead atoms. The third-order valence-corrected chi connectivity index (χ3v) is 3.79. The topological polar surface area (TPSA) is 49.3 Å². The first-order chi connectivity index (χ1) is 10.2. The molecule has 3 nitrogen and oxygen atoms in total. The molecule has 0 saturated heterocycles. The second kappa shape index (κ2) is 6.19. The minimum absolute atomic E-state index is 0.204. The number of anilines is 1. The Balaban J connectivity index is 2.29. The molecule has 0 saturated carbocycles. The highest BCUT2D eigenvalue weighted by molar-refractivity contribution is 6.37. The molecule has 0 fully saturated rings. The van der Waals surface area contributed by atoms with Gasteiger partial charge in [0.25, 0.3) is 5.91 Å². The fourth-order valence-corrected chi connectivity index (χ4v) is 2.58. The Morgan fingerprint density at radius 3 is 2.36 bits per heavy atom. The summed E-state index contributed by atoms with van der Waals surface area (Å²) in [6.07, 6.45) is 0. The number of aromatic hydroxyl groups is 1. The van der Waals surface area contributed by atoms with Crippen molar-refractivity contribution in [3.8, 4) is 5.75 Å². The lowest BCUT2D eigenvalue weighted by molar-refractivity contribution is 0.102. The summed E-state index contributed by atoms with van der Waals surface area (Å²) >= 11 is 11.9. The third kappa shape index (κ3) is 3.73. The first-order valence-corrected chi connectivity index (χ1v) is 7.54. The summed E-state index contributed by atoms with van der Waals surface area (Å²) < 4.78 is 0. The minimum atomic E-state index is -0.327. The van der Waals surface area contributed by atoms with Crippen LogP contribution in [0, 0.1) is 0 Å². The maximum Gasteiger partial charge on any atom is 0.257 e. The number of hydrogen-bond acceptors (Lipinski definition) is 2. The second-order valence-electron chi connectivity index (χ2n) is 6.06. The SMILES string of the molecule is CC(C)(C)c1cc(NC(=O)c2ccc(Cl)cc2Cl)ccc1O. The Labute approximate surface area is 139 Å². The van der Waals surface area contributed by atoms with E-state index in [-0.39, 0.29) is 17.1 Å². The normalized spacial score (nSPS) is 11.3. The number of nitrogens with one attached hydrogen (secondary N) is 1. The number of benzene rings is 2. The van der Waals surface area contributed by atoms with Gasteiger partial charge >= 0.3 is 0 Å². The van der Waals surface area contributed by atoms with Crippen molar-refractivity contribution in [1.82, 2.24) is 0 Å². The van der Waals surface area contributed by atoms with Crippen molar-refractivity contribution in [2.75, 3.05) is 5.32 Å². The van der Waals surface area contributed by atoms with E-state index in [1.807, 2.05) is 20.8 Å². The fourth-order valence-electron chi connectivity index (χ4n) is 2.09. The quantitative estimate of drug-likeness (QED) is 0.735. The van der Waals surface area contributed by atoms with Crippen molar-refractivity contribution in [3.05, 3.63) is 57.6 Å². The van der Waals surface area contributed by atoms with Crippen LogP contribution in [-0.4, -0.2) is 11.0 Å². The molecular formula is C17H17Cl2NO2. The number of rotatable bonds is 2. The van der Waals surface area contributed by atoms with Crippen LogP contribution < -0.4 is 5.32 Å². The maximum absolute atomic E-state index is 12.3.